The Hall–Kier alpha value is -0.850. The Bertz CT molecular complexity index is 339. The number of hydrogen-bond donors (Lipinski definition) is 0. The highest BCUT2D eigenvalue weighted by Crippen LogP contribution is 2.47. The largest absolute Gasteiger partial charge is 0.298 e. The van der Waals surface area contributed by atoms with Crippen molar-refractivity contribution in [2.75, 3.05) is 0 Å². The summed E-state index contributed by atoms with van der Waals surface area (Å²) in [6.07, 6.45) is 6.35. The summed E-state index contributed by atoms with van der Waals surface area (Å²) in [4.78, 5) is 11.2. The normalized spacial score (nSPS) is 26.4. The summed E-state index contributed by atoms with van der Waals surface area (Å²) >= 11 is 0. The van der Waals surface area contributed by atoms with Gasteiger partial charge in [-0.05, 0) is 34.3 Å². The maximum Gasteiger partial charge on any atom is 0.146 e. The van der Waals surface area contributed by atoms with E-state index in [-0.39, 0.29) is 10.8 Å². The summed E-state index contributed by atoms with van der Waals surface area (Å²) in [5.41, 5.74) is 2.45. The second-order valence-corrected chi connectivity index (χ2v) is 6.43. The maximum atomic E-state index is 11.2. The molecule has 0 spiro atoms. The molecule has 1 rings (SSSR count). The van der Waals surface area contributed by atoms with Crippen molar-refractivity contribution >= 4 is 6.29 Å². The Balaban J connectivity index is 3.11. The van der Waals surface area contributed by atoms with E-state index in [0.717, 1.165) is 18.3 Å². The van der Waals surface area contributed by atoms with Crippen molar-refractivity contribution < 1.29 is 4.79 Å². The van der Waals surface area contributed by atoms with Gasteiger partial charge >= 0.3 is 0 Å². The van der Waals surface area contributed by atoms with Crippen molar-refractivity contribution in [2.45, 2.75) is 48.0 Å². The highest BCUT2D eigenvalue weighted by atomic mass is 16.1. The number of carbonyl (C=O) groups excluding carboxylic acids is 1. The number of carbonyl (C=O) groups is 1. The first-order chi connectivity index (χ1) is 7.21. The van der Waals surface area contributed by atoms with Gasteiger partial charge in [0, 0.05) is 0 Å². The molecular formula is C15H24O. The van der Waals surface area contributed by atoms with Crippen LogP contribution in [0.25, 0.3) is 0 Å². The molecule has 0 saturated heterocycles. The van der Waals surface area contributed by atoms with E-state index in [1.165, 1.54) is 5.57 Å². The summed E-state index contributed by atoms with van der Waals surface area (Å²) in [5, 5.41) is 0. The fourth-order valence-electron chi connectivity index (χ4n) is 2.13. The average Bonchev–Trinajstić information content (AvgIpc) is 2.15. The predicted octanol–water partition coefficient (Wildman–Crippen LogP) is 4.15. The molecule has 16 heavy (non-hydrogen) atoms. The lowest BCUT2D eigenvalue weighted by molar-refractivity contribution is -0.105. The molecular weight excluding hydrogens is 196 g/mol. The quantitative estimate of drug-likeness (QED) is 0.639. The lowest BCUT2D eigenvalue weighted by Crippen LogP contribution is -2.33. The zero-order chi connectivity index (χ0) is 12.6. The SMILES string of the molecule is CC(C)C1=C(C=O)CC(C)(C(C)(C)C)C=C1. The molecule has 0 aromatic heterocycles. The van der Waals surface area contributed by atoms with Crippen molar-refractivity contribution in [1.29, 1.82) is 0 Å². The zero-order valence-corrected chi connectivity index (χ0v) is 11.4. The molecule has 1 unspecified atom stereocenters. The van der Waals surface area contributed by atoms with Gasteiger partial charge in [-0.2, -0.15) is 0 Å². The molecule has 1 heteroatoms. The van der Waals surface area contributed by atoms with Crippen LogP contribution in [0.15, 0.2) is 23.3 Å². The molecule has 0 saturated carbocycles. The van der Waals surface area contributed by atoms with Gasteiger partial charge in [0.2, 0.25) is 0 Å². The number of allylic oxidation sites excluding steroid dienone is 4. The monoisotopic (exact) mass is 220 g/mol. The van der Waals surface area contributed by atoms with E-state index >= 15 is 0 Å². The molecule has 1 atom stereocenters. The molecule has 0 amide bonds. The predicted molar refractivity (Wildman–Crippen MR) is 69.2 cm³/mol. The van der Waals surface area contributed by atoms with Gasteiger partial charge < -0.3 is 0 Å². The van der Waals surface area contributed by atoms with Gasteiger partial charge in [-0.3, -0.25) is 4.79 Å². The average molecular weight is 220 g/mol. The van der Waals surface area contributed by atoms with Gasteiger partial charge in [0.25, 0.3) is 0 Å². The molecule has 1 aliphatic rings. The van der Waals surface area contributed by atoms with Crippen LogP contribution in [0, 0.1) is 16.7 Å². The highest BCUT2D eigenvalue weighted by Gasteiger charge is 2.38. The zero-order valence-electron chi connectivity index (χ0n) is 11.4. The standard InChI is InChI=1S/C15H24O/c1-11(2)13-7-8-15(6,14(3,4)5)9-12(13)10-16/h7-8,10-11H,9H2,1-6H3. The molecule has 0 radical (unpaired) electrons. The van der Waals surface area contributed by atoms with Crippen LogP contribution in [-0.2, 0) is 4.79 Å². The molecule has 0 fully saturated rings. The van der Waals surface area contributed by atoms with Crippen LogP contribution in [0.3, 0.4) is 0 Å². The van der Waals surface area contributed by atoms with E-state index in [2.05, 4.69) is 53.7 Å². The summed E-state index contributed by atoms with van der Waals surface area (Å²) in [5.74, 6) is 0.431. The van der Waals surface area contributed by atoms with Crippen LogP contribution >= 0.6 is 0 Å². The Morgan fingerprint density at radius 1 is 1.38 bits per heavy atom. The Kier molecular flexibility index (Phi) is 3.47. The minimum Gasteiger partial charge on any atom is -0.298 e. The van der Waals surface area contributed by atoms with Crippen LogP contribution in [-0.4, -0.2) is 6.29 Å². The maximum absolute atomic E-state index is 11.2. The van der Waals surface area contributed by atoms with Gasteiger partial charge in [0.1, 0.15) is 6.29 Å². The molecule has 1 nitrogen and oxygen atoms in total. The lowest BCUT2D eigenvalue weighted by atomic mass is 9.62. The number of aldehydes is 1. The highest BCUT2D eigenvalue weighted by molar-refractivity contribution is 5.76. The molecule has 1 aliphatic carbocycles. The van der Waals surface area contributed by atoms with Crippen LogP contribution in [0.1, 0.15) is 48.0 Å². The van der Waals surface area contributed by atoms with E-state index < -0.39 is 0 Å². The van der Waals surface area contributed by atoms with E-state index in [0.29, 0.717) is 5.92 Å². The molecule has 0 bridgehead atoms. The van der Waals surface area contributed by atoms with Crippen molar-refractivity contribution in [3.63, 3.8) is 0 Å². The minimum atomic E-state index is 0.0850. The van der Waals surface area contributed by atoms with Crippen LogP contribution in [0.2, 0.25) is 0 Å². The Labute approximate surface area is 99.6 Å². The summed E-state index contributed by atoms with van der Waals surface area (Å²) in [6, 6.07) is 0. The van der Waals surface area contributed by atoms with Gasteiger partial charge in [-0.25, -0.2) is 0 Å². The molecule has 0 aromatic rings. The minimum absolute atomic E-state index is 0.0850. The van der Waals surface area contributed by atoms with Gasteiger partial charge in [0.15, 0.2) is 0 Å². The van der Waals surface area contributed by atoms with Crippen molar-refractivity contribution in [3.05, 3.63) is 23.3 Å². The van der Waals surface area contributed by atoms with Crippen molar-refractivity contribution in [1.82, 2.24) is 0 Å². The van der Waals surface area contributed by atoms with E-state index in [1.54, 1.807) is 0 Å². The fraction of sp³-hybridized carbons (Fsp3) is 0.667. The van der Waals surface area contributed by atoms with Gasteiger partial charge in [0.05, 0.1) is 0 Å². The van der Waals surface area contributed by atoms with Gasteiger partial charge in [-0.15, -0.1) is 0 Å². The molecule has 0 N–H and O–H groups in total. The Morgan fingerprint density at radius 2 is 1.94 bits per heavy atom. The topological polar surface area (TPSA) is 17.1 Å². The lowest BCUT2D eigenvalue weighted by Gasteiger charge is -2.42. The van der Waals surface area contributed by atoms with Crippen LogP contribution in [0.4, 0.5) is 0 Å². The summed E-state index contributed by atoms with van der Waals surface area (Å²) in [6.45, 7) is 13.2. The van der Waals surface area contributed by atoms with Crippen molar-refractivity contribution in [3.8, 4) is 0 Å². The van der Waals surface area contributed by atoms with E-state index in [1.807, 2.05) is 0 Å². The van der Waals surface area contributed by atoms with Crippen molar-refractivity contribution in [2.24, 2.45) is 16.7 Å². The molecule has 90 valence electrons. The molecule has 0 heterocycles. The third kappa shape index (κ3) is 2.28. The van der Waals surface area contributed by atoms with E-state index in [9.17, 15) is 4.79 Å². The van der Waals surface area contributed by atoms with E-state index in [4.69, 9.17) is 0 Å². The first-order valence-corrected chi connectivity index (χ1v) is 6.09. The van der Waals surface area contributed by atoms with Crippen LogP contribution in [0.5, 0.6) is 0 Å². The smallest absolute Gasteiger partial charge is 0.146 e. The second kappa shape index (κ2) is 4.20. The first kappa shape index (κ1) is 13.2. The third-order valence-corrected chi connectivity index (χ3v) is 4.04. The summed E-state index contributed by atoms with van der Waals surface area (Å²) in [7, 11) is 0. The second-order valence-electron chi connectivity index (χ2n) is 6.43. The summed E-state index contributed by atoms with van der Waals surface area (Å²) < 4.78 is 0. The van der Waals surface area contributed by atoms with Gasteiger partial charge in [-0.1, -0.05) is 53.7 Å². The Morgan fingerprint density at radius 3 is 2.31 bits per heavy atom. The first-order valence-electron chi connectivity index (χ1n) is 6.09. The number of hydrogen-bond acceptors (Lipinski definition) is 1. The number of rotatable bonds is 2. The van der Waals surface area contributed by atoms with Crippen LogP contribution < -0.4 is 0 Å². The molecule has 0 aromatic carbocycles. The fourth-order valence-corrected chi connectivity index (χ4v) is 2.13. The molecule has 0 aliphatic heterocycles. The third-order valence-electron chi connectivity index (χ3n) is 4.04.